The van der Waals surface area contributed by atoms with Crippen LogP contribution >= 0.6 is 0 Å². The molecule has 1 aromatic carbocycles. The summed E-state index contributed by atoms with van der Waals surface area (Å²) in [5.74, 6) is 0.111. The molecule has 0 saturated heterocycles. The van der Waals surface area contributed by atoms with E-state index in [1.165, 1.54) is 13.2 Å². The fraction of sp³-hybridized carbons (Fsp3) is 0.231. The van der Waals surface area contributed by atoms with Crippen molar-refractivity contribution in [3.63, 3.8) is 0 Å². The van der Waals surface area contributed by atoms with E-state index in [2.05, 4.69) is 4.74 Å². The smallest absolute Gasteiger partial charge is 0.309 e. The van der Waals surface area contributed by atoms with Gasteiger partial charge in [0.2, 0.25) is 0 Å². The SMILES string of the molecule is COC(=O)Cc1ccc2c(c1)C(=O)C=CCO2. The van der Waals surface area contributed by atoms with Gasteiger partial charge in [-0.25, -0.2) is 0 Å². The standard InChI is InChI=1S/C13H12O4/c1-16-13(15)8-9-4-5-12-10(7-9)11(14)3-2-6-17-12/h2-5,7H,6,8H2,1H3. The Kier molecular flexibility index (Phi) is 3.23. The topological polar surface area (TPSA) is 52.6 Å². The number of fused-ring (bicyclic) bond motifs is 1. The lowest BCUT2D eigenvalue weighted by Gasteiger charge is -2.07. The number of benzene rings is 1. The van der Waals surface area contributed by atoms with E-state index in [1.54, 1.807) is 24.3 Å². The van der Waals surface area contributed by atoms with Crippen LogP contribution in [0.25, 0.3) is 0 Å². The van der Waals surface area contributed by atoms with E-state index in [1.807, 2.05) is 0 Å². The highest BCUT2D eigenvalue weighted by Crippen LogP contribution is 2.23. The minimum absolute atomic E-state index is 0.107. The Morgan fingerprint density at radius 2 is 2.29 bits per heavy atom. The molecule has 4 nitrogen and oxygen atoms in total. The third-order valence-electron chi connectivity index (χ3n) is 2.49. The molecule has 88 valence electrons. The summed E-state index contributed by atoms with van der Waals surface area (Å²) in [6.45, 7) is 0.384. The number of ether oxygens (including phenoxy) is 2. The van der Waals surface area contributed by atoms with Crippen LogP contribution in [-0.2, 0) is 16.0 Å². The molecule has 0 radical (unpaired) electrons. The lowest BCUT2D eigenvalue weighted by molar-refractivity contribution is -0.139. The maximum atomic E-state index is 11.7. The third-order valence-corrected chi connectivity index (χ3v) is 2.49. The van der Waals surface area contributed by atoms with Crippen LogP contribution in [0.5, 0.6) is 5.75 Å². The summed E-state index contributed by atoms with van der Waals surface area (Å²) < 4.78 is 9.96. The summed E-state index contributed by atoms with van der Waals surface area (Å²) in [5.41, 5.74) is 1.23. The maximum absolute atomic E-state index is 11.7. The first kappa shape index (κ1) is 11.4. The molecule has 2 rings (SSSR count). The molecule has 0 aliphatic carbocycles. The van der Waals surface area contributed by atoms with Crippen molar-refractivity contribution in [3.8, 4) is 5.75 Å². The second kappa shape index (κ2) is 4.82. The van der Waals surface area contributed by atoms with Gasteiger partial charge in [-0.1, -0.05) is 6.07 Å². The molecule has 0 amide bonds. The van der Waals surface area contributed by atoms with Crippen molar-refractivity contribution in [1.29, 1.82) is 0 Å². The molecule has 0 fully saturated rings. The molecule has 1 aromatic rings. The molecule has 1 aliphatic heterocycles. The summed E-state index contributed by atoms with van der Waals surface area (Å²) >= 11 is 0. The lowest BCUT2D eigenvalue weighted by Crippen LogP contribution is -2.06. The Bertz CT molecular complexity index is 488. The molecule has 17 heavy (non-hydrogen) atoms. The summed E-state index contributed by atoms with van der Waals surface area (Å²) in [6.07, 6.45) is 3.30. The van der Waals surface area contributed by atoms with Crippen molar-refractivity contribution in [2.45, 2.75) is 6.42 Å². The number of carbonyl (C=O) groups is 2. The van der Waals surface area contributed by atoms with Crippen LogP contribution in [0.4, 0.5) is 0 Å². The van der Waals surface area contributed by atoms with Crippen molar-refractivity contribution < 1.29 is 19.1 Å². The van der Waals surface area contributed by atoms with Crippen molar-refractivity contribution in [2.24, 2.45) is 0 Å². The number of carbonyl (C=O) groups excluding carboxylic acids is 2. The van der Waals surface area contributed by atoms with E-state index in [9.17, 15) is 9.59 Å². The van der Waals surface area contributed by atoms with Gasteiger partial charge < -0.3 is 9.47 Å². The molecule has 1 heterocycles. The van der Waals surface area contributed by atoms with Gasteiger partial charge >= 0.3 is 5.97 Å². The van der Waals surface area contributed by atoms with Crippen molar-refractivity contribution in [3.05, 3.63) is 41.5 Å². The number of rotatable bonds is 2. The van der Waals surface area contributed by atoms with Gasteiger partial charge in [0.25, 0.3) is 0 Å². The summed E-state index contributed by atoms with van der Waals surface area (Å²) in [7, 11) is 1.34. The second-order valence-corrected chi connectivity index (χ2v) is 3.66. The van der Waals surface area contributed by atoms with Gasteiger partial charge in [0.15, 0.2) is 5.78 Å². The Labute approximate surface area is 98.8 Å². The average Bonchev–Trinajstić information content (AvgIpc) is 2.52. The Morgan fingerprint density at radius 1 is 1.47 bits per heavy atom. The zero-order chi connectivity index (χ0) is 12.3. The maximum Gasteiger partial charge on any atom is 0.309 e. The predicted octanol–water partition coefficient (Wildman–Crippen LogP) is 1.53. The molecule has 1 aliphatic rings. The van der Waals surface area contributed by atoms with Gasteiger partial charge in [-0.05, 0) is 29.8 Å². The summed E-state index contributed by atoms with van der Waals surface area (Å²) in [6, 6.07) is 5.14. The van der Waals surface area contributed by atoms with Crippen LogP contribution in [0.1, 0.15) is 15.9 Å². The molecular weight excluding hydrogens is 220 g/mol. The molecule has 0 bridgehead atoms. The molecule has 0 unspecified atom stereocenters. The minimum Gasteiger partial charge on any atom is -0.489 e. The zero-order valence-corrected chi connectivity index (χ0v) is 9.43. The number of ketones is 1. The monoisotopic (exact) mass is 232 g/mol. The van der Waals surface area contributed by atoms with E-state index < -0.39 is 0 Å². The van der Waals surface area contributed by atoms with Crippen LogP contribution in [0.15, 0.2) is 30.4 Å². The van der Waals surface area contributed by atoms with Gasteiger partial charge in [-0.3, -0.25) is 9.59 Å². The molecule has 0 N–H and O–H groups in total. The van der Waals surface area contributed by atoms with Crippen LogP contribution < -0.4 is 4.74 Å². The number of esters is 1. The van der Waals surface area contributed by atoms with Gasteiger partial charge in [-0.2, -0.15) is 0 Å². The van der Waals surface area contributed by atoms with Crippen molar-refractivity contribution >= 4 is 11.8 Å². The normalized spacial score (nSPS) is 13.6. The van der Waals surface area contributed by atoms with E-state index in [0.29, 0.717) is 17.9 Å². The van der Waals surface area contributed by atoms with Crippen LogP contribution in [0, 0.1) is 0 Å². The number of methoxy groups -OCH3 is 1. The highest BCUT2D eigenvalue weighted by molar-refractivity contribution is 6.07. The highest BCUT2D eigenvalue weighted by Gasteiger charge is 2.14. The van der Waals surface area contributed by atoms with Gasteiger partial charge in [0.05, 0.1) is 19.1 Å². The first-order chi connectivity index (χ1) is 8.20. The van der Waals surface area contributed by atoms with Crippen LogP contribution in [0.3, 0.4) is 0 Å². The third kappa shape index (κ3) is 2.53. The molecule has 0 atom stereocenters. The Morgan fingerprint density at radius 3 is 3.06 bits per heavy atom. The van der Waals surface area contributed by atoms with Crippen molar-refractivity contribution in [1.82, 2.24) is 0 Å². The highest BCUT2D eigenvalue weighted by atomic mass is 16.5. The van der Waals surface area contributed by atoms with Crippen molar-refractivity contribution in [2.75, 3.05) is 13.7 Å². The summed E-state index contributed by atoms with van der Waals surface area (Å²) in [4.78, 5) is 22.9. The summed E-state index contributed by atoms with van der Waals surface area (Å²) in [5, 5.41) is 0. The molecule has 0 aromatic heterocycles. The Balaban J connectivity index is 2.31. The van der Waals surface area contributed by atoms with Gasteiger partial charge in [0, 0.05) is 0 Å². The predicted molar refractivity (Wildman–Crippen MR) is 61.1 cm³/mol. The van der Waals surface area contributed by atoms with Gasteiger partial charge in [-0.15, -0.1) is 0 Å². The molecular formula is C13H12O4. The fourth-order valence-corrected chi connectivity index (χ4v) is 1.63. The average molecular weight is 232 g/mol. The van der Waals surface area contributed by atoms with Crippen LogP contribution in [0.2, 0.25) is 0 Å². The quantitative estimate of drug-likeness (QED) is 0.726. The largest absolute Gasteiger partial charge is 0.489 e. The molecule has 0 spiro atoms. The van der Waals surface area contributed by atoms with E-state index in [-0.39, 0.29) is 18.2 Å². The fourth-order valence-electron chi connectivity index (χ4n) is 1.63. The van der Waals surface area contributed by atoms with E-state index in [0.717, 1.165) is 5.56 Å². The zero-order valence-electron chi connectivity index (χ0n) is 9.43. The number of hydrogen-bond acceptors (Lipinski definition) is 4. The van der Waals surface area contributed by atoms with E-state index in [4.69, 9.17) is 4.74 Å². The molecule has 4 heteroatoms. The number of allylic oxidation sites excluding steroid dienone is 1. The minimum atomic E-state index is -0.331. The first-order valence-electron chi connectivity index (χ1n) is 5.24. The molecule has 0 saturated carbocycles. The van der Waals surface area contributed by atoms with Gasteiger partial charge in [0.1, 0.15) is 12.4 Å². The Hall–Kier alpha value is -2.10. The second-order valence-electron chi connectivity index (χ2n) is 3.66. The van der Waals surface area contributed by atoms with E-state index >= 15 is 0 Å². The first-order valence-corrected chi connectivity index (χ1v) is 5.24. The lowest BCUT2D eigenvalue weighted by atomic mass is 10.0. The number of hydrogen-bond donors (Lipinski definition) is 0. The van der Waals surface area contributed by atoms with Crippen LogP contribution in [-0.4, -0.2) is 25.5 Å².